The van der Waals surface area contributed by atoms with Crippen molar-refractivity contribution in [2.45, 2.75) is 19.5 Å². The molecule has 0 unspecified atom stereocenters. The van der Waals surface area contributed by atoms with Crippen molar-refractivity contribution in [3.8, 4) is 17.2 Å². The van der Waals surface area contributed by atoms with E-state index in [2.05, 4.69) is 12.2 Å². The monoisotopic (exact) mass is 440 g/mol. The average molecular weight is 441 g/mol. The summed E-state index contributed by atoms with van der Waals surface area (Å²) in [5, 5.41) is 11.4. The van der Waals surface area contributed by atoms with Crippen molar-refractivity contribution in [3.05, 3.63) is 52.5 Å². The molecule has 2 aliphatic heterocycles. The number of ether oxygens (including phenoxy) is 3. The molecule has 0 bridgehead atoms. The van der Waals surface area contributed by atoms with Gasteiger partial charge in [-0.15, -0.1) is 5.10 Å². The molecule has 0 saturated carbocycles. The molecule has 0 fully saturated rings. The van der Waals surface area contributed by atoms with Crippen LogP contribution in [0.1, 0.15) is 25.1 Å². The zero-order valence-electron chi connectivity index (χ0n) is 17.8. The first-order valence-corrected chi connectivity index (χ1v) is 10.9. The third-order valence-corrected chi connectivity index (χ3v) is 6.01. The second-order valence-electron chi connectivity index (χ2n) is 6.88. The molecule has 2 heterocycles. The molecule has 0 aromatic heterocycles. The zero-order valence-corrected chi connectivity index (χ0v) is 18.7. The van der Waals surface area contributed by atoms with Gasteiger partial charge in [0.05, 0.1) is 26.7 Å². The molecule has 9 heteroatoms. The van der Waals surface area contributed by atoms with Crippen LogP contribution in [0.4, 0.5) is 0 Å². The van der Waals surface area contributed by atoms with Crippen LogP contribution in [-0.4, -0.2) is 43.2 Å². The van der Waals surface area contributed by atoms with Gasteiger partial charge >= 0.3 is 0 Å². The Balaban J connectivity index is 1.92. The largest absolute Gasteiger partial charge is 0.493 e. The number of hydrazone groups is 1. The molecule has 2 aliphatic rings. The highest BCUT2D eigenvalue weighted by Gasteiger charge is 2.35. The predicted molar refractivity (Wildman–Crippen MR) is 120 cm³/mol. The average Bonchev–Trinajstić information content (AvgIpc) is 2.80. The number of rotatable bonds is 6. The molecule has 8 nitrogen and oxygen atoms in total. The van der Waals surface area contributed by atoms with Gasteiger partial charge in [-0.3, -0.25) is 15.1 Å². The van der Waals surface area contributed by atoms with E-state index < -0.39 is 6.17 Å². The summed E-state index contributed by atoms with van der Waals surface area (Å²) in [4.78, 5) is 18.0. The van der Waals surface area contributed by atoms with Crippen LogP contribution in [0.3, 0.4) is 0 Å². The molecule has 0 saturated heterocycles. The second-order valence-corrected chi connectivity index (χ2v) is 7.96. The maximum absolute atomic E-state index is 13.1. The maximum atomic E-state index is 13.1. The minimum absolute atomic E-state index is 0.201. The summed E-state index contributed by atoms with van der Waals surface area (Å²) in [6.45, 7) is 2.08. The number of para-hydroxylation sites is 1. The maximum Gasteiger partial charge on any atom is 0.276 e. The standard InChI is InChI=1S/C22H24N4O4S/c1-5-10-31-22-24-21(27)18-14-8-6-7-9-15(14)23-20(26(18)25-22)13-11-16(28-2)19(30-4)17(12-13)29-3/h6-9,11-12,20H,5,10H2,1-4H3,(H,24,25,27)/t20-/m1/s1. The number of hydrogen-bond donors (Lipinski definition) is 1. The molecule has 2 aromatic carbocycles. The van der Waals surface area contributed by atoms with Crippen LogP contribution < -0.4 is 30.1 Å². The predicted octanol–water partition coefficient (Wildman–Crippen LogP) is 2.00. The lowest BCUT2D eigenvalue weighted by molar-refractivity contribution is -0.116. The van der Waals surface area contributed by atoms with Gasteiger partial charge < -0.3 is 14.2 Å². The number of benzene rings is 2. The Labute approximate surface area is 184 Å². The molecule has 1 N–H and O–H groups in total. The summed E-state index contributed by atoms with van der Waals surface area (Å²) in [6, 6.07) is 11.2. The minimum atomic E-state index is -0.568. The highest BCUT2D eigenvalue weighted by molar-refractivity contribution is 8.13. The number of methoxy groups -OCH3 is 3. The lowest BCUT2D eigenvalue weighted by Gasteiger charge is -2.34. The van der Waals surface area contributed by atoms with Crippen molar-refractivity contribution in [2.24, 2.45) is 10.1 Å². The van der Waals surface area contributed by atoms with E-state index in [9.17, 15) is 4.79 Å². The van der Waals surface area contributed by atoms with E-state index in [4.69, 9.17) is 24.3 Å². The van der Waals surface area contributed by atoms with Crippen LogP contribution in [0.25, 0.3) is 5.70 Å². The van der Waals surface area contributed by atoms with Gasteiger partial charge in [0, 0.05) is 16.5 Å². The van der Waals surface area contributed by atoms with Crippen molar-refractivity contribution >= 4 is 28.5 Å². The van der Waals surface area contributed by atoms with Gasteiger partial charge in [-0.25, -0.2) is 5.01 Å². The lowest BCUT2D eigenvalue weighted by atomic mass is 10.1. The highest BCUT2D eigenvalue weighted by atomic mass is 32.2. The van der Waals surface area contributed by atoms with E-state index in [0.29, 0.717) is 28.1 Å². The first-order valence-electron chi connectivity index (χ1n) is 9.90. The second kappa shape index (κ2) is 8.89. The van der Waals surface area contributed by atoms with Gasteiger partial charge in [0.2, 0.25) is 5.75 Å². The van der Waals surface area contributed by atoms with Gasteiger partial charge in [0.15, 0.2) is 22.8 Å². The number of amides is 1. The summed E-state index contributed by atoms with van der Waals surface area (Å²) >= 11 is 1.51. The fraction of sp³-hybridized carbons (Fsp3) is 0.318. The number of fused-ring (bicyclic) bond motifs is 2. The normalized spacial score (nSPS) is 17.1. The van der Waals surface area contributed by atoms with Gasteiger partial charge in [0.1, 0.15) is 5.70 Å². The van der Waals surface area contributed by atoms with Crippen LogP contribution in [-0.2, 0) is 4.79 Å². The Kier molecular flexibility index (Phi) is 6.03. The highest BCUT2D eigenvalue weighted by Crippen LogP contribution is 2.42. The molecular weight excluding hydrogens is 416 g/mol. The van der Waals surface area contributed by atoms with Crippen molar-refractivity contribution in [2.75, 3.05) is 27.1 Å². The Morgan fingerprint density at radius 2 is 1.81 bits per heavy atom. The molecular formula is C22H24N4O4S. The Morgan fingerprint density at radius 1 is 1.10 bits per heavy atom. The summed E-state index contributed by atoms with van der Waals surface area (Å²) in [5.41, 5.74) is 1.23. The molecule has 0 radical (unpaired) electrons. The first-order chi connectivity index (χ1) is 15.1. The van der Waals surface area contributed by atoms with Gasteiger partial charge in [-0.2, -0.15) is 0 Å². The van der Waals surface area contributed by atoms with E-state index in [1.54, 1.807) is 26.3 Å². The van der Waals surface area contributed by atoms with Crippen molar-refractivity contribution in [1.29, 1.82) is 0 Å². The number of nitrogens with one attached hydrogen (secondary N) is 1. The van der Waals surface area contributed by atoms with E-state index in [0.717, 1.165) is 28.3 Å². The Morgan fingerprint density at radius 3 is 2.45 bits per heavy atom. The number of carbonyl (C=O) groups is 1. The lowest BCUT2D eigenvalue weighted by Crippen LogP contribution is -2.50. The van der Waals surface area contributed by atoms with Crippen LogP contribution >= 0.6 is 11.8 Å². The van der Waals surface area contributed by atoms with Crippen LogP contribution in [0.5, 0.6) is 17.2 Å². The Bertz CT molecular complexity index is 1140. The SMILES string of the molecule is CCCSC1=NN2C(=c3ccccc3=N[C@H]2c2cc(OC)c(OC)c(OC)c2)C(=O)N1. The van der Waals surface area contributed by atoms with E-state index in [1.807, 2.05) is 36.4 Å². The number of thioether (sulfide) groups is 1. The smallest absolute Gasteiger partial charge is 0.276 e. The summed E-state index contributed by atoms with van der Waals surface area (Å²) in [7, 11) is 4.69. The molecule has 4 rings (SSSR count). The molecule has 2 aromatic rings. The molecule has 1 amide bonds. The number of nitrogens with zero attached hydrogens (tertiary/aromatic N) is 3. The molecule has 0 spiro atoms. The van der Waals surface area contributed by atoms with Crippen LogP contribution in [0.15, 0.2) is 46.5 Å². The van der Waals surface area contributed by atoms with Crippen molar-refractivity contribution in [1.82, 2.24) is 10.3 Å². The van der Waals surface area contributed by atoms with Gasteiger partial charge in [0.25, 0.3) is 5.91 Å². The number of hydrogen-bond acceptors (Lipinski definition) is 8. The quantitative estimate of drug-likeness (QED) is 0.740. The van der Waals surface area contributed by atoms with Crippen molar-refractivity contribution < 1.29 is 19.0 Å². The third-order valence-electron chi connectivity index (χ3n) is 4.94. The fourth-order valence-electron chi connectivity index (χ4n) is 3.56. The van der Waals surface area contributed by atoms with E-state index >= 15 is 0 Å². The number of amidine groups is 1. The molecule has 162 valence electrons. The summed E-state index contributed by atoms with van der Waals surface area (Å²) < 4.78 is 16.5. The fourth-order valence-corrected chi connectivity index (χ4v) is 4.27. The zero-order chi connectivity index (χ0) is 22.0. The first kappa shape index (κ1) is 21.0. The van der Waals surface area contributed by atoms with E-state index in [-0.39, 0.29) is 5.91 Å². The Hall–Kier alpha value is -3.20. The van der Waals surface area contributed by atoms with E-state index in [1.165, 1.54) is 11.8 Å². The van der Waals surface area contributed by atoms with Gasteiger partial charge in [-0.1, -0.05) is 36.9 Å². The summed E-state index contributed by atoms with van der Waals surface area (Å²) in [5.74, 6) is 2.17. The molecule has 31 heavy (non-hydrogen) atoms. The van der Waals surface area contributed by atoms with Gasteiger partial charge in [-0.05, 0) is 24.6 Å². The van der Waals surface area contributed by atoms with Crippen LogP contribution in [0.2, 0.25) is 0 Å². The third kappa shape index (κ3) is 3.81. The van der Waals surface area contributed by atoms with Crippen LogP contribution in [0, 0.1) is 0 Å². The minimum Gasteiger partial charge on any atom is -0.493 e. The number of carbonyl (C=O) groups excluding carboxylic acids is 1. The molecule has 1 atom stereocenters. The summed E-state index contributed by atoms with van der Waals surface area (Å²) in [6.07, 6.45) is 0.404. The molecule has 0 aliphatic carbocycles. The topological polar surface area (TPSA) is 84.8 Å². The van der Waals surface area contributed by atoms with Crippen molar-refractivity contribution in [3.63, 3.8) is 0 Å².